The van der Waals surface area contributed by atoms with E-state index in [1.165, 1.54) is 43.2 Å². The summed E-state index contributed by atoms with van der Waals surface area (Å²) in [5, 5.41) is 3.47. The second-order valence-corrected chi connectivity index (χ2v) is 6.35. The van der Waals surface area contributed by atoms with E-state index in [-0.39, 0.29) is 0 Å². The maximum Gasteiger partial charge on any atom is 0.123 e. The van der Waals surface area contributed by atoms with E-state index >= 15 is 0 Å². The van der Waals surface area contributed by atoms with Crippen LogP contribution in [-0.2, 0) is 12.8 Å². The summed E-state index contributed by atoms with van der Waals surface area (Å²) in [5.74, 6) is 1.10. The Kier molecular flexibility index (Phi) is 5.90. The smallest absolute Gasteiger partial charge is 0.123 e. The van der Waals surface area contributed by atoms with Crippen LogP contribution in [0.3, 0.4) is 0 Å². The SMILES string of the molecule is CC(C)NCCCCCCc1ccc2c(c1)CC(C)O2. The fourth-order valence-corrected chi connectivity index (χ4v) is 2.83. The topological polar surface area (TPSA) is 21.3 Å². The van der Waals surface area contributed by atoms with Crippen molar-refractivity contribution in [2.24, 2.45) is 0 Å². The van der Waals surface area contributed by atoms with Crippen LogP contribution in [0.1, 0.15) is 57.6 Å². The van der Waals surface area contributed by atoms with Gasteiger partial charge in [-0.2, -0.15) is 0 Å². The van der Waals surface area contributed by atoms with Crippen LogP contribution in [0.25, 0.3) is 0 Å². The van der Waals surface area contributed by atoms with Crippen LogP contribution >= 0.6 is 0 Å². The molecular weight excluding hydrogens is 246 g/mol. The number of hydrogen-bond acceptors (Lipinski definition) is 2. The monoisotopic (exact) mass is 275 g/mol. The van der Waals surface area contributed by atoms with Gasteiger partial charge in [0.1, 0.15) is 11.9 Å². The molecule has 1 aromatic carbocycles. The Morgan fingerprint density at radius 3 is 2.80 bits per heavy atom. The largest absolute Gasteiger partial charge is 0.490 e. The molecular formula is C18H29NO. The molecule has 1 unspecified atom stereocenters. The normalized spacial score (nSPS) is 17.3. The molecule has 0 saturated heterocycles. The molecule has 1 heterocycles. The van der Waals surface area contributed by atoms with Crippen LogP contribution in [0.15, 0.2) is 18.2 Å². The molecule has 1 N–H and O–H groups in total. The van der Waals surface area contributed by atoms with Gasteiger partial charge in [0.15, 0.2) is 0 Å². The average molecular weight is 275 g/mol. The van der Waals surface area contributed by atoms with Gasteiger partial charge in [-0.15, -0.1) is 0 Å². The number of rotatable bonds is 8. The second kappa shape index (κ2) is 7.68. The molecule has 2 heteroatoms. The van der Waals surface area contributed by atoms with Gasteiger partial charge in [-0.25, -0.2) is 0 Å². The Hall–Kier alpha value is -1.02. The highest BCUT2D eigenvalue weighted by Gasteiger charge is 2.18. The third-order valence-electron chi connectivity index (χ3n) is 3.91. The summed E-state index contributed by atoms with van der Waals surface area (Å²) in [6.45, 7) is 7.72. The van der Waals surface area contributed by atoms with Crippen molar-refractivity contribution in [3.8, 4) is 5.75 Å². The summed E-state index contributed by atoms with van der Waals surface area (Å²) in [7, 11) is 0. The van der Waals surface area contributed by atoms with Gasteiger partial charge in [-0.05, 0) is 49.9 Å². The third-order valence-corrected chi connectivity index (χ3v) is 3.91. The molecule has 0 spiro atoms. The summed E-state index contributed by atoms with van der Waals surface area (Å²) in [6.07, 6.45) is 7.91. The number of ether oxygens (including phenoxy) is 1. The quantitative estimate of drug-likeness (QED) is 0.721. The van der Waals surface area contributed by atoms with Crippen molar-refractivity contribution in [2.75, 3.05) is 6.54 Å². The summed E-state index contributed by atoms with van der Waals surface area (Å²) < 4.78 is 5.74. The van der Waals surface area contributed by atoms with E-state index in [1.807, 2.05) is 0 Å². The van der Waals surface area contributed by atoms with E-state index in [9.17, 15) is 0 Å². The van der Waals surface area contributed by atoms with Crippen LogP contribution in [-0.4, -0.2) is 18.7 Å². The number of fused-ring (bicyclic) bond motifs is 1. The van der Waals surface area contributed by atoms with E-state index < -0.39 is 0 Å². The summed E-state index contributed by atoms with van der Waals surface area (Å²) >= 11 is 0. The van der Waals surface area contributed by atoms with Crippen LogP contribution in [0.5, 0.6) is 5.75 Å². The van der Waals surface area contributed by atoms with E-state index in [0.717, 1.165) is 18.7 Å². The predicted octanol–water partition coefficient (Wildman–Crippen LogP) is 4.11. The molecule has 0 saturated carbocycles. The first-order chi connectivity index (χ1) is 9.65. The van der Waals surface area contributed by atoms with Crippen molar-refractivity contribution < 1.29 is 4.74 Å². The molecule has 0 fully saturated rings. The summed E-state index contributed by atoms with van der Waals surface area (Å²) in [5.41, 5.74) is 2.87. The van der Waals surface area contributed by atoms with Gasteiger partial charge in [0.2, 0.25) is 0 Å². The third kappa shape index (κ3) is 4.82. The first-order valence-corrected chi connectivity index (χ1v) is 8.17. The zero-order valence-corrected chi connectivity index (χ0v) is 13.2. The first kappa shape index (κ1) is 15.4. The van der Waals surface area contributed by atoms with Gasteiger partial charge in [-0.1, -0.05) is 38.8 Å². The highest BCUT2D eigenvalue weighted by Crippen LogP contribution is 2.29. The Labute approximate surface area is 123 Å². The molecule has 1 aliphatic heterocycles. The molecule has 1 aromatic rings. The number of hydrogen-bond donors (Lipinski definition) is 1. The lowest BCUT2D eigenvalue weighted by molar-refractivity contribution is 0.254. The Bertz CT molecular complexity index is 414. The van der Waals surface area contributed by atoms with Crippen molar-refractivity contribution in [1.29, 1.82) is 0 Å². The molecule has 112 valence electrons. The second-order valence-electron chi connectivity index (χ2n) is 6.35. The molecule has 2 rings (SSSR count). The summed E-state index contributed by atoms with van der Waals surface area (Å²) in [4.78, 5) is 0. The highest BCUT2D eigenvalue weighted by molar-refractivity contribution is 5.40. The molecule has 0 aliphatic carbocycles. The van der Waals surface area contributed by atoms with Crippen molar-refractivity contribution in [3.63, 3.8) is 0 Å². The van der Waals surface area contributed by atoms with Gasteiger partial charge in [0.05, 0.1) is 0 Å². The van der Waals surface area contributed by atoms with E-state index in [2.05, 4.69) is 44.3 Å². The Balaban J connectivity index is 1.62. The Morgan fingerprint density at radius 2 is 2.00 bits per heavy atom. The standard InChI is InChI=1S/C18H29NO/c1-14(2)19-11-7-5-4-6-8-16-9-10-18-17(13-16)12-15(3)20-18/h9-10,13-15,19H,4-8,11-12H2,1-3H3. The molecule has 0 radical (unpaired) electrons. The van der Waals surface area contributed by atoms with Crippen LogP contribution in [0.4, 0.5) is 0 Å². The van der Waals surface area contributed by atoms with Crippen molar-refractivity contribution >= 4 is 0 Å². The zero-order valence-electron chi connectivity index (χ0n) is 13.2. The number of aryl methyl sites for hydroxylation is 1. The fraction of sp³-hybridized carbons (Fsp3) is 0.667. The van der Waals surface area contributed by atoms with Gasteiger partial charge in [-0.3, -0.25) is 0 Å². The van der Waals surface area contributed by atoms with Gasteiger partial charge < -0.3 is 10.1 Å². The molecule has 20 heavy (non-hydrogen) atoms. The van der Waals surface area contributed by atoms with Gasteiger partial charge in [0.25, 0.3) is 0 Å². The lowest BCUT2D eigenvalue weighted by atomic mass is 10.0. The van der Waals surface area contributed by atoms with Crippen LogP contribution in [0.2, 0.25) is 0 Å². The average Bonchev–Trinajstić information content (AvgIpc) is 2.76. The predicted molar refractivity (Wildman–Crippen MR) is 85.5 cm³/mol. The van der Waals surface area contributed by atoms with Crippen LogP contribution < -0.4 is 10.1 Å². The maximum atomic E-state index is 5.74. The molecule has 0 bridgehead atoms. The number of benzene rings is 1. The number of nitrogens with one attached hydrogen (secondary N) is 1. The van der Waals surface area contributed by atoms with Crippen molar-refractivity contribution in [3.05, 3.63) is 29.3 Å². The van der Waals surface area contributed by atoms with E-state index in [4.69, 9.17) is 4.74 Å². The van der Waals surface area contributed by atoms with Gasteiger partial charge >= 0.3 is 0 Å². The molecule has 2 nitrogen and oxygen atoms in total. The minimum absolute atomic E-state index is 0.355. The Morgan fingerprint density at radius 1 is 1.20 bits per heavy atom. The minimum atomic E-state index is 0.355. The highest BCUT2D eigenvalue weighted by atomic mass is 16.5. The molecule has 0 amide bonds. The molecule has 1 aliphatic rings. The minimum Gasteiger partial charge on any atom is -0.490 e. The molecule has 1 atom stereocenters. The lowest BCUT2D eigenvalue weighted by Gasteiger charge is -2.07. The maximum absolute atomic E-state index is 5.74. The number of unbranched alkanes of at least 4 members (excludes halogenated alkanes) is 3. The van der Waals surface area contributed by atoms with E-state index in [0.29, 0.717) is 12.1 Å². The van der Waals surface area contributed by atoms with E-state index in [1.54, 1.807) is 0 Å². The fourth-order valence-electron chi connectivity index (χ4n) is 2.83. The lowest BCUT2D eigenvalue weighted by Crippen LogP contribution is -2.23. The van der Waals surface area contributed by atoms with Gasteiger partial charge in [0, 0.05) is 12.5 Å². The van der Waals surface area contributed by atoms with Crippen molar-refractivity contribution in [1.82, 2.24) is 5.32 Å². The molecule has 0 aromatic heterocycles. The summed E-state index contributed by atoms with van der Waals surface area (Å²) in [6, 6.07) is 7.35. The van der Waals surface area contributed by atoms with Crippen LogP contribution in [0, 0.1) is 0 Å². The zero-order chi connectivity index (χ0) is 14.4. The first-order valence-electron chi connectivity index (χ1n) is 8.17. The van der Waals surface area contributed by atoms with Crippen molar-refractivity contribution in [2.45, 2.75) is 71.4 Å².